The Kier molecular flexibility index (Phi) is 7.25. The lowest BCUT2D eigenvalue weighted by atomic mass is 9.87. The van der Waals surface area contributed by atoms with E-state index in [-0.39, 0.29) is 5.91 Å². The highest BCUT2D eigenvalue weighted by Crippen LogP contribution is 2.23. The van der Waals surface area contributed by atoms with E-state index in [2.05, 4.69) is 12.2 Å². The molecular weight excluding hydrogens is 212 g/mol. The summed E-state index contributed by atoms with van der Waals surface area (Å²) in [5.74, 6) is 1.09. The molecule has 3 nitrogen and oxygen atoms in total. The van der Waals surface area contributed by atoms with Gasteiger partial charge >= 0.3 is 0 Å². The van der Waals surface area contributed by atoms with Crippen LogP contribution in [0.1, 0.15) is 64.7 Å². The van der Waals surface area contributed by atoms with Crippen LogP contribution < -0.4 is 11.1 Å². The second kappa shape index (κ2) is 8.51. The van der Waals surface area contributed by atoms with E-state index in [0.29, 0.717) is 12.5 Å². The maximum atomic E-state index is 11.7. The highest BCUT2D eigenvalue weighted by Gasteiger charge is 2.19. The lowest BCUT2D eigenvalue weighted by molar-refractivity contribution is -0.122. The number of hydrogen-bond acceptors (Lipinski definition) is 2. The summed E-state index contributed by atoms with van der Waals surface area (Å²) >= 11 is 0. The van der Waals surface area contributed by atoms with Crippen molar-refractivity contribution < 1.29 is 4.79 Å². The SMILES string of the molecule is CC1CCC(NC(=O)CCCCCCN)CC1. The first-order valence-corrected chi connectivity index (χ1v) is 7.21. The van der Waals surface area contributed by atoms with Gasteiger partial charge in [0.15, 0.2) is 0 Å². The van der Waals surface area contributed by atoms with E-state index in [1.807, 2.05) is 0 Å². The van der Waals surface area contributed by atoms with E-state index in [9.17, 15) is 4.79 Å². The molecule has 1 rings (SSSR count). The Labute approximate surface area is 106 Å². The van der Waals surface area contributed by atoms with Crippen LogP contribution in [0.15, 0.2) is 0 Å². The summed E-state index contributed by atoms with van der Waals surface area (Å²) in [5.41, 5.74) is 5.43. The summed E-state index contributed by atoms with van der Waals surface area (Å²) in [6.45, 7) is 3.07. The van der Waals surface area contributed by atoms with Crippen LogP contribution >= 0.6 is 0 Å². The second-order valence-electron chi connectivity index (χ2n) is 5.48. The first kappa shape index (κ1) is 14.5. The van der Waals surface area contributed by atoms with E-state index in [1.54, 1.807) is 0 Å². The molecule has 0 aromatic rings. The van der Waals surface area contributed by atoms with Crippen LogP contribution in [0.4, 0.5) is 0 Å². The molecule has 0 unspecified atom stereocenters. The van der Waals surface area contributed by atoms with Crippen LogP contribution in [0.3, 0.4) is 0 Å². The zero-order valence-corrected chi connectivity index (χ0v) is 11.2. The Hall–Kier alpha value is -0.570. The molecule has 0 spiro atoms. The topological polar surface area (TPSA) is 55.1 Å². The fourth-order valence-electron chi connectivity index (χ4n) is 2.49. The van der Waals surface area contributed by atoms with Crippen molar-refractivity contribution in [3.05, 3.63) is 0 Å². The van der Waals surface area contributed by atoms with Crippen molar-refractivity contribution in [1.82, 2.24) is 5.32 Å². The van der Waals surface area contributed by atoms with E-state index in [0.717, 1.165) is 38.1 Å². The predicted molar refractivity (Wildman–Crippen MR) is 71.7 cm³/mol. The van der Waals surface area contributed by atoms with Crippen molar-refractivity contribution >= 4 is 5.91 Å². The van der Waals surface area contributed by atoms with Crippen molar-refractivity contribution in [3.63, 3.8) is 0 Å². The number of nitrogens with two attached hydrogens (primary N) is 1. The van der Waals surface area contributed by atoms with Crippen LogP contribution in [-0.4, -0.2) is 18.5 Å². The summed E-state index contributed by atoms with van der Waals surface area (Å²) in [7, 11) is 0. The van der Waals surface area contributed by atoms with Gasteiger partial charge in [-0.3, -0.25) is 4.79 Å². The Morgan fingerprint density at radius 2 is 1.76 bits per heavy atom. The smallest absolute Gasteiger partial charge is 0.220 e. The average molecular weight is 240 g/mol. The monoisotopic (exact) mass is 240 g/mol. The van der Waals surface area contributed by atoms with Crippen molar-refractivity contribution in [2.75, 3.05) is 6.54 Å². The molecule has 1 amide bonds. The molecule has 0 radical (unpaired) electrons. The lowest BCUT2D eigenvalue weighted by Gasteiger charge is -2.26. The van der Waals surface area contributed by atoms with Crippen LogP contribution in [0, 0.1) is 5.92 Å². The quantitative estimate of drug-likeness (QED) is 0.672. The Balaban J connectivity index is 2.00. The molecule has 1 saturated carbocycles. The Morgan fingerprint density at radius 3 is 2.41 bits per heavy atom. The zero-order valence-electron chi connectivity index (χ0n) is 11.2. The number of nitrogens with one attached hydrogen (secondary N) is 1. The van der Waals surface area contributed by atoms with Gasteiger partial charge in [0.2, 0.25) is 5.91 Å². The van der Waals surface area contributed by atoms with E-state index < -0.39 is 0 Å². The molecule has 0 saturated heterocycles. The van der Waals surface area contributed by atoms with Crippen LogP contribution in [0.5, 0.6) is 0 Å². The molecule has 1 aliphatic rings. The third-order valence-corrected chi connectivity index (χ3v) is 3.74. The summed E-state index contributed by atoms with van der Waals surface area (Å²) in [6.07, 6.45) is 9.94. The summed E-state index contributed by atoms with van der Waals surface area (Å²) in [5, 5.41) is 3.17. The van der Waals surface area contributed by atoms with E-state index >= 15 is 0 Å². The van der Waals surface area contributed by atoms with Gasteiger partial charge in [0.1, 0.15) is 0 Å². The van der Waals surface area contributed by atoms with E-state index in [4.69, 9.17) is 5.73 Å². The van der Waals surface area contributed by atoms with Gasteiger partial charge in [-0.25, -0.2) is 0 Å². The molecule has 0 aromatic carbocycles. The van der Waals surface area contributed by atoms with Crippen molar-refractivity contribution in [3.8, 4) is 0 Å². The number of carbonyl (C=O) groups is 1. The molecule has 100 valence electrons. The minimum absolute atomic E-state index is 0.248. The summed E-state index contributed by atoms with van der Waals surface area (Å²) in [4.78, 5) is 11.7. The molecule has 0 aromatic heterocycles. The fraction of sp³-hybridized carbons (Fsp3) is 0.929. The molecular formula is C14H28N2O. The van der Waals surface area contributed by atoms with Crippen molar-refractivity contribution in [2.24, 2.45) is 11.7 Å². The highest BCUT2D eigenvalue weighted by molar-refractivity contribution is 5.76. The van der Waals surface area contributed by atoms with Gasteiger partial charge in [-0.05, 0) is 51.0 Å². The molecule has 0 heterocycles. The third-order valence-electron chi connectivity index (χ3n) is 3.74. The Bertz CT molecular complexity index is 210. The standard InChI is InChI=1S/C14H28N2O/c1-12-7-9-13(10-8-12)16-14(17)6-4-2-3-5-11-15/h12-13H,2-11,15H2,1H3,(H,16,17). The van der Waals surface area contributed by atoms with Gasteiger partial charge in [-0.1, -0.05) is 19.8 Å². The number of amides is 1. The average Bonchev–Trinajstić information content (AvgIpc) is 2.32. The fourth-order valence-corrected chi connectivity index (χ4v) is 2.49. The third kappa shape index (κ3) is 6.67. The predicted octanol–water partition coefficient (Wildman–Crippen LogP) is 2.59. The van der Waals surface area contributed by atoms with Crippen molar-refractivity contribution in [2.45, 2.75) is 70.8 Å². The molecule has 3 heteroatoms. The number of rotatable bonds is 7. The van der Waals surface area contributed by atoms with Crippen LogP contribution in [0.2, 0.25) is 0 Å². The van der Waals surface area contributed by atoms with Gasteiger partial charge in [-0.15, -0.1) is 0 Å². The number of carbonyl (C=O) groups excluding carboxylic acids is 1. The number of hydrogen-bond donors (Lipinski definition) is 2. The van der Waals surface area contributed by atoms with Crippen molar-refractivity contribution in [1.29, 1.82) is 0 Å². The Morgan fingerprint density at radius 1 is 1.12 bits per heavy atom. The molecule has 0 atom stereocenters. The van der Waals surface area contributed by atoms with Crippen LogP contribution in [0.25, 0.3) is 0 Å². The van der Waals surface area contributed by atoms with Crippen LogP contribution in [-0.2, 0) is 4.79 Å². The van der Waals surface area contributed by atoms with Gasteiger partial charge < -0.3 is 11.1 Å². The maximum absolute atomic E-state index is 11.7. The minimum atomic E-state index is 0.248. The van der Waals surface area contributed by atoms with E-state index in [1.165, 1.54) is 25.7 Å². The largest absolute Gasteiger partial charge is 0.353 e. The first-order chi connectivity index (χ1) is 8.22. The molecule has 1 fully saturated rings. The highest BCUT2D eigenvalue weighted by atomic mass is 16.1. The van der Waals surface area contributed by atoms with Gasteiger partial charge in [0, 0.05) is 12.5 Å². The number of unbranched alkanes of at least 4 members (excludes halogenated alkanes) is 3. The molecule has 0 bridgehead atoms. The normalized spacial score (nSPS) is 24.6. The molecule has 17 heavy (non-hydrogen) atoms. The lowest BCUT2D eigenvalue weighted by Crippen LogP contribution is -2.37. The molecule has 1 aliphatic carbocycles. The maximum Gasteiger partial charge on any atom is 0.220 e. The van der Waals surface area contributed by atoms with Gasteiger partial charge in [0.25, 0.3) is 0 Å². The minimum Gasteiger partial charge on any atom is -0.353 e. The van der Waals surface area contributed by atoms with Gasteiger partial charge in [0.05, 0.1) is 0 Å². The molecule has 3 N–H and O–H groups in total. The second-order valence-corrected chi connectivity index (χ2v) is 5.48. The summed E-state index contributed by atoms with van der Waals surface area (Å²) < 4.78 is 0. The molecule has 0 aliphatic heterocycles. The zero-order chi connectivity index (χ0) is 12.5. The summed E-state index contributed by atoms with van der Waals surface area (Å²) in [6, 6.07) is 0.447. The first-order valence-electron chi connectivity index (χ1n) is 7.21. The van der Waals surface area contributed by atoms with Gasteiger partial charge in [-0.2, -0.15) is 0 Å².